The minimum absolute atomic E-state index is 0.0448. The van der Waals surface area contributed by atoms with Crippen LogP contribution < -0.4 is 14.8 Å². The molecule has 0 aromatic heterocycles. The number of hydrogen-bond acceptors (Lipinski definition) is 4. The Morgan fingerprint density at radius 1 is 1.23 bits per heavy atom. The molecule has 0 bridgehead atoms. The number of benzene rings is 2. The van der Waals surface area contributed by atoms with Gasteiger partial charge >= 0.3 is 0 Å². The maximum absolute atomic E-state index is 14.5. The molecular formula is C19H20ClFN2O3. The summed E-state index contributed by atoms with van der Waals surface area (Å²) in [6.45, 7) is 1.67. The second-order valence-electron chi connectivity index (χ2n) is 5.96. The molecule has 0 saturated carbocycles. The summed E-state index contributed by atoms with van der Waals surface area (Å²) in [7, 11) is 2.87. The summed E-state index contributed by atoms with van der Waals surface area (Å²) in [4.78, 5) is 14.7. The van der Waals surface area contributed by atoms with Crippen LogP contribution >= 0.6 is 11.6 Å². The fourth-order valence-electron chi connectivity index (χ4n) is 3.13. The summed E-state index contributed by atoms with van der Waals surface area (Å²) in [5.41, 5.74) is 0.857. The van der Waals surface area contributed by atoms with Crippen LogP contribution in [0.4, 0.5) is 4.39 Å². The highest BCUT2D eigenvalue weighted by Crippen LogP contribution is 2.32. The van der Waals surface area contributed by atoms with E-state index < -0.39 is 11.7 Å². The second-order valence-corrected chi connectivity index (χ2v) is 6.40. The smallest absolute Gasteiger partial charge is 0.257 e. The van der Waals surface area contributed by atoms with E-state index in [1.807, 2.05) is 18.2 Å². The molecule has 1 aliphatic heterocycles. The van der Waals surface area contributed by atoms with Gasteiger partial charge in [0.25, 0.3) is 5.91 Å². The highest BCUT2D eigenvalue weighted by molar-refractivity contribution is 6.30. The fraction of sp³-hybridized carbons (Fsp3) is 0.316. The molecule has 0 spiro atoms. The summed E-state index contributed by atoms with van der Waals surface area (Å²) in [6.07, 6.45) is 0. The van der Waals surface area contributed by atoms with E-state index in [1.54, 1.807) is 11.0 Å². The number of nitrogens with one attached hydrogen (secondary N) is 1. The molecule has 1 unspecified atom stereocenters. The van der Waals surface area contributed by atoms with Crippen LogP contribution in [0.2, 0.25) is 5.02 Å². The first-order chi connectivity index (χ1) is 12.5. The number of halogens is 2. The highest BCUT2D eigenvalue weighted by atomic mass is 35.5. The lowest BCUT2D eigenvalue weighted by Gasteiger charge is -2.36. The summed E-state index contributed by atoms with van der Waals surface area (Å²) in [5.74, 6) is -0.481. The Morgan fingerprint density at radius 2 is 1.96 bits per heavy atom. The van der Waals surface area contributed by atoms with Crippen molar-refractivity contribution in [3.8, 4) is 11.5 Å². The number of rotatable bonds is 4. The van der Waals surface area contributed by atoms with Crippen LogP contribution in [-0.2, 0) is 0 Å². The van der Waals surface area contributed by atoms with Gasteiger partial charge in [-0.1, -0.05) is 23.7 Å². The molecule has 7 heteroatoms. The number of methoxy groups -OCH3 is 2. The SMILES string of the molecule is COc1cc(F)c(C(=O)N2CCNCC2c2cccc(Cl)c2)cc1OC. The van der Waals surface area contributed by atoms with Crippen LogP contribution in [0.1, 0.15) is 22.0 Å². The van der Waals surface area contributed by atoms with Gasteiger partial charge in [0.1, 0.15) is 5.82 Å². The van der Waals surface area contributed by atoms with Crippen molar-refractivity contribution in [3.63, 3.8) is 0 Å². The third kappa shape index (κ3) is 3.61. The van der Waals surface area contributed by atoms with E-state index in [4.69, 9.17) is 21.1 Å². The third-order valence-corrected chi connectivity index (χ3v) is 4.68. The minimum Gasteiger partial charge on any atom is -0.493 e. The molecule has 1 saturated heterocycles. The van der Waals surface area contributed by atoms with Crippen molar-refractivity contribution in [2.24, 2.45) is 0 Å². The van der Waals surface area contributed by atoms with E-state index >= 15 is 0 Å². The summed E-state index contributed by atoms with van der Waals surface area (Å²) >= 11 is 6.09. The zero-order chi connectivity index (χ0) is 18.7. The number of hydrogen-bond donors (Lipinski definition) is 1. The Kier molecular flexibility index (Phi) is 5.64. The zero-order valence-corrected chi connectivity index (χ0v) is 15.3. The molecule has 1 atom stereocenters. The van der Waals surface area contributed by atoms with Crippen LogP contribution in [0, 0.1) is 5.82 Å². The number of carbonyl (C=O) groups excluding carboxylic acids is 1. The largest absolute Gasteiger partial charge is 0.493 e. The van der Waals surface area contributed by atoms with Crippen LogP contribution in [0.25, 0.3) is 0 Å². The Morgan fingerprint density at radius 3 is 2.65 bits per heavy atom. The van der Waals surface area contributed by atoms with E-state index in [0.717, 1.165) is 5.56 Å². The van der Waals surface area contributed by atoms with Crippen molar-refractivity contribution in [1.29, 1.82) is 0 Å². The van der Waals surface area contributed by atoms with E-state index in [1.165, 1.54) is 26.4 Å². The van der Waals surface area contributed by atoms with Crippen molar-refractivity contribution in [2.45, 2.75) is 6.04 Å². The molecule has 3 rings (SSSR count). The number of piperazine rings is 1. The fourth-order valence-corrected chi connectivity index (χ4v) is 3.33. The van der Waals surface area contributed by atoms with Crippen LogP contribution in [0.3, 0.4) is 0 Å². The van der Waals surface area contributed by atoms with Crippen LogP contribution in [-0.4, -0.2) is 44.7 Å². The zero-order valence-electron chi connectivity index (χ0n) is 14.6. The molecule has 0 aliphatic carbocycles. The average molecular weight is 379 g/mol. The van der Waals surface area contributed by atoms with Crippen LogP contribution in [0.5, 0.6) is 11.5 Å². The van der Waals surface area contributed by atoms with Gasteiger partial charge in [-0.05, 0) is 23.8 Å². The Hall–Kier alpha value is -2.31. The molecule has 1 fully saturated rings. The van der Waals surface area contributed by atoms with E-state index in [-0.39, 0.29) is 17.4 Å². The number of ether oxygens (including phenoxy) is 2. The lowest BCUT2D eigenvalue weighted by Crippen LogP contribution is -2.48. The normalized spacial score (nSPS) is 17.1. The molecule has 26 heavy (non-hydrogen) atoms. The first-order valence-electron chi connectivity index (χ1n) is 8.23. The second kappa shape index (κ2) is 7.93. The molecule has 2 aromatic carbocycles. The van der Waals surface area contributed by atoms with Crippen molar-refractivity contribution in [2.75, 3.05) is 33.9 Å². The van der Waals surface area contributed by atoms with Gasteiger partial charge in [-0.25, -0.2) is 4.39 Å². The standard InChI is InChI=1S/C19H20ClFN2O3/c1-25-17-9-14(15(21)10-18(17)26-2)19(24)23-7-6-22-11-16(23)12-4-3-5-13(20)8-12/h3-5,8-10,16,22H,6-7,11H2,1-2H3. The molecule has 0 radical (unpaired) electrons. The Balaban J connectivity index is 1.97. The average Bonchev–Trinajstić information content (AvgIpc) is 2.67. The molecule has 1 aliphatic rings. The molecule has 1 N–H and O–H groups in total. The third-order valence-electron chi connectivity index (χ3n) is 4.44. The molecule has 138 valence electrons. The number of amides is 1. The van der Waals surface area contributed by atoms with Gasteiger partial charge in [0.15, 0.2) is 11.5 Å². The summed E-state index contributed by atoms with van der Waals surface area (Å²) in [5, 5.41) is 3.86. The van der Waals surface area contributed by atoms with E-state index in [2.05, 4.69) is 5.32 Å². The first kappa shape index (κ1) is 18.5. The highest BCUT2D eigenvalue weighted by Gasteiger charge is 2.31. The van der Waals surface area contributed by atoms with Crippen molar-refractivity contribution in [1.82, 2.24) is 10.2 Å². The topological polar surface area (TPSA) is 50.8 Å². The molecule has 1 heterocycles. The van der Waals surface area contributed by atoms with Gasteiger partial charge in [0.05, 0.1) is 25.8 Å². The van der Waals surface area contributed by atoms with Gasteiger partial charge in [-0.15, -0.1) is 0 Å². The van der Waals surface area contributed by atoms with E-state index in [0.29, 0.717) is 30.4 Å². The number of nitrogens with zero attached hydrogens (tertiary/aromatic N) is 1. The number of carbonyl (C=O) groups is 1. The lowest BCUT2D eigenvalue weighted by atomic mass is 10.0. The van der Waals surface area contributed by atoms with E-state index in [9.17, 15) is 9.18 Å². The maximum Gasteiger partial charge on any atom is 0.257 e. The lowest BCUT2D eigenvalue weighted by molar-refractivity contribution is 0.0629. The van der Waals surface area contributed by atoms with Crippen molar-refractivity contribution >= 4 is 17.5 Å². The molecule has 5 nitrogen and oxygen atoms in total. The minimum atomic E-state index is -0.643. The van der Waals surface area contributed by atoms with Gasteiger partial charge in [0, 0.05) is 30.7 Å². The predicted octanol–water partition coefficient (Wildman–Crippen LogP) is 3.28. The van der Waals surface area contributed by atoms with Crippen LogP contribution in [0.15, 0.2) is 36.4 Å². The Labute approximate surface area is 156 Å². The van der Waals surface area contributed by atoms with Crippen molar-refractivity contribution in [3.05, 3.63) is 58.4 Å². The molecule has 1 amide bonds. The quantitative estimate of drug-likeness (QED) is 0.887. The van der Waals surface area contributed by atoms with Gasteiger partial charge < -0.3 is 19.7 Å². The summed E-state index contributed by atoms with van der Waals surface area (Å²) < 4.78 is 24.8. The maximum atomic E-state index is 14.5. The monoisotopic (exact) mass is 378 g/mol. The summed E-state index contributed by atoms with van der Waals surface area (Å²) in [6, 6.07) is 9.67. The van der Waals surface area contributed by atoms with Gasteiger partial charge in [0.2, 0.25) is 0 Å². The Bertz CT molecular complexity index is 815. The first-order valence-corrected chi connectivity index (χ1v) is 8.61. The van der Waals surface area contributed by atoms with Gasteiger partial charge in [-0.3, -0.25) is 4.79 Å². The van der Waals surface area contributed by atoms with Crippen molar-refractivity contribution < 1.29 is 18.7 Å². The molecule has 2 aromatic rings. The predicted molar refractivity (Wildman–Crippen MR) is 97.6 cm³/mol. The van der Waals surface area contributed by atoms with Gasteiger partial charge in [-0.2, -0.15) is 0 Å². The molecular weight excluding hydrogens is 359 g/mol.